The lowest BCUT2D eigenvalue weighted by molar-refractivity contribution is 0.675. The molecule has 4 nitrogen and oxygen atoms in total. The third-order valence-electron chi connectivity index (χ3n) is 3.48. The second-order valence-corrected chi connectivity index (χ2v) is 5.25. The summed E-state index contributed by atoms with van der Waals surface area (Å²) in [7, 11) is 0. The van der Waals surface area contributed by atoms with Crippen molar-refractivity contribution in [1.29, 1.82) is 10.5 Å². The molecule has 1 aliphatic rings. The first kappa shape index (κ1) is 14.0. The average molecular weight is 307 g/mol. The van der Waals surface area contributed by atoms with Gasteiger partial charge in [0.25, 0.3) is 0 Å². The van der Waals surface area contributed by atoms with Crippen LogP contribution in [0.15, 0.2) is 59.9 Å². The van der Waals surface area contributed by atoms with E-state index in [2.05, 4.69) is 10.6 Å². The summed E-state index contributed by atoms with van der Waals surface area (Å²) in [6.07, 6.45) is 0. The molecule has 2 N–H and O–H groups in total. The van der Waals surface area contributed by atoms with Crippen LogP contribution in [0.2, 0.25) is 5.02 Å². The Bertz CT molecular complexity index is 812. The Labute approximate surface area is 133 Å². The number of rotatable bonds is 1. The van der Waals surface area contributed by atoms with E-state index in [-0.39, 0.29) is 11.6 Å². The van der Waals surface area contributed by atoms with Gasteiger partial charge in [0.05, 0.1) is 6.04 Å². The minimum atomic E-state index is -0.178. The van der Waals surface area contributed by atoms with Crippen LogP contribution < -0.4 is 10.6 Å². The second-order valence-electron chi connectivity index (χ2n) is 4.82. The Morgan fingerprint density at radius 3 is 2.45 bits per heavy atom. The van der Waals surface area contributed by atoms with Crippen LogP contribution >= 0.6 is 11.6 Å². The molecule has 0 bridgehead atoms. The Kier molecular flexibility index (Phi) is 3.70. The van der Waals surface area contributed by atoms with Gasteiger partial charge >= 0.3 is 0 Å². The second kappa shape index (κ2) is 5.81. The lowest BCUT2D eigenvalue weighted by atomic mass is 9.95. The van der Waals surface area contributed by atoms with E-state index >= 15 is 0 Å². The molecule has 1 atom stereocenters. The van der Waals surface area contributed by atoms with E-state index in [1.165, 1.54) is 0 Å². The molecule has 0 unspecified atom stereocenters. The molecule has 3 rings (SSSR count). The maximum atomic E-state index is 9.10. The lowest BCUT2D eigenvalue weighted by Crippen LogP contribution is -2.32. The SMILES string of the molecule is N#CC(C#N)=C1Nc2ccc(Cl)cc2[C@H](c2ccccc2)N1. The quantitative estimate of drug-likeness (QED) is 0.788. The van der Waals surface area contributed by atoms with Gasteiger partial charge in [-0.05, 0) is 23.8 Å². The number of anilines is 1. The topological polar surface area (TPSA) is 71.6 Å². The molecule has 106 valence electrons. The lowest BCUT2D eigenvalue weighted by Gasteiger charge is -2.31. The standard InChI is InChI=1S/C17H11ClN4/c18-13-6-7-15-14(8-13)16(11-4-2-1-3-5-11)22-17(21-15)12(9-19)10-20/h1-8,16,21-22H/t16-/m0/s1. The van der Waals surface area contributed by atoms with Gasteiger partial charge < -0.3 is 10.6 Å². The van der Waals surface area contributed by atoms with Crippen LogP contribution in [0.4, 0.5) is 5.69 Å². The van der Waals surface area contributed by atoms with Gasteiger partial charge in [0, 0.05) is 16.3 Å². The van der Waals surface area contributed by atoms with Crippen molar-refractivity contribution in [1.82, 2.24) is 5.32 Å². The van der Waals surface area contributed by atoms with E-state index in [9.17, 15) is 0 Å². The Morgan fingerprint density at radius 2 is 1.77 bits per heavy atom. The molecule has 0 amide bonds. The van der Waals surface area contributed by atoms with Crippen LogP contribution in [0.5, 0.6) is 0 Å². The summed E-state index contributed by atoms with van der Waals surface area (Å²) in [6.45, 7) is 0. The molecular weight excluding hydrogens is 296 g/mol. The predicted molar refractivity (Wildman–Crippen MR) is 84.7 cm³/mol. The number of nitrogens with one attached hydrogen (secondary N) is 2. The fourth-order valence-electron chi connectivity index (χ4n) is 2.46. The van der Waals surface area contributed by atoms with Crippen LogP contribution in [-0.2, 0) is 0 Å². The molecule has 1 heterocycles. The van der Waals surface area contributed by atoms with E-state index in [0.29, 0.717) is 10.8 Å². The zero-order chi connectivity index (χ0) is 15.5. The Hall–Kier alpha value is -2.95. The summed E-state index contributed by atoms with van der Waals surface area (Å²) in [5.74, 6) is 0.411. The molecular formula is C17H11ClN4. The van der Waals surface area contributed by atoms with Crippen molar-refractivity contribution in [3.8, 4) is 12.1 Å². The highest BCUT2D eigenvalue weighted by molar-refractivity contribution is 6.30. The minimum Gasteiger partial charge on any atom is -0.359 e. The number of hydrogen-bond acceptors (Lipinski definition) is 4. The smallest absolute Gasteiger partial charge is 0.169 e. The van der Waals surface area contributed by atoms with E-state index in [0.717, 1.165) is 16.8 Å². The average Bonchev–Trinajstić information content (AvgIpc) is 2.56. The molecule has 5 heteroatoms. The molecule has 2 aromatic carbocycles. The molecule has 0 fully saturated rings. The highest BCUT2D eigenvalue weighted by Crippen LogP contribution is 2.35. The maximum absolute atomic E-state index is 9.10. The summed E-state index contributed by atoms with van der Waals surface area (Å²) in [5.41, 5.74) is 2.84. The van der Waals surface area contributed by atoms with E-state index in [4.69, 9.17) is 22.1 Å². The van der Waals surface area contributed by atoms with E-state index in [1.54, 1.807) is 6.07 Å². The van der Waals surface area contributed by atoms with Crippen molar-refractivity contribution < 1.29 is 0 Å². The number of halogens is 1. The number of fused-ring (bicyclic) bond motifs is 1. The Morgan fingerprint density at radius 1 is 1.05 bits per heavy atom. The van der Waals surface area contributed by atoms with Crippen LogP contribution in [0.1, 0.15) is 17.2 Å². The van der Waals surface area contributed by atoms with E-state index < -0.39 is 0 Å². The molecule has 0 saturated carbocycles. The zero-order valence-electron chi connectivity index (χ0n) is 11.5. The molecule has 0 spiro atoms. The predicted octanol–water partition coefficient (Wildman–Crippen LogP) is 3.70. The molecule has 0 aliphatic carbocycles. The largest absolute Gasteiger partial charge is 0.359 e. The van der Waals surface area contributed by atoms with Crippen molar-refractivity contribution in [2.45, 2.75) is 6.04 Å². The number of nitrogens with zero attached hydrogens (tertiary/aromatic N) is 2. The van der Waals surface area contributed by atoms with Gasteiger partial charge in [-0.15, -0.1) is 0 Å². The highest BCUT2D eigenvalue weighted by Gasteiger charge is 2.25. The van der Waals surface area contributed by atoms with Crippen molar-refractivity contribution in [3.63, 3.8) is 0 Å². The van der Waals surface area contributed by atoms with Gasteiger partial charge in [-0.3, -0.25) is 0 Å². The van der Waals surface area contributed by atoms with E-state index in [1.807, 2.05) is 54.6 Å². The Balaban J connectivity index is 2.17. The van der Waals surface area contributed by atoms with Crippen molar-refractivity contribution in [3.05, 3.63) is 76.1 Å². The van der Waals surface area contributed by atoms with Crippen LogP contribution in [0.3, 0.4) is 0 Å². The summed E-state index contributed by atoms with van der Waals surface area (Å²) in [4.78, 5) is 0. The van der Waals surface area contributed by atoms with Crippen LogP contribution in [0.25, 0.3) is 0 Å². The third-order valence-corrected chi connectivity index (χ3v) is 3.71. The monoisotopic (exact) mass is 306 g/mol. The molecule has 1 aliphatic heterocycles. The van der Waals surface area contributed by atoms with Crippen molar-refractivity contribution in [2.75, 3.05) is 5.32 Å². The number of allylic oxidation sites excluding steroid dienone is 1. The van der Waals surface area contributed by atoms with Gasteiger partial charge in [-0.1, -0.05) is 41.9 Å². The first-order valence-corrected chi connectivity index (χ1v) is 7.03. The fourth-order valence-corrected chi connectivity index (χ4v) is 2.64. The zero-order valence-corrected chi connectivity index (χ0v) is 12.2. The highest BCUT2D eigenvalue weighted by atomic mass is 35.5. The molecule has 0 radical (unpaired) electrons. The van der Waals surface area contributed by atoms with Crippen molar-refractivity contribution in [2.24, 2.45) is 0 Å². The normalized spacial score (nSPS) is 15.6. The van der Waals surface area contributed by atoms with Crippen LogP contribution in [-0.4, -0.2) is 0 Å². The number of hydrogen-bond donors (Lipinski definition) is 2. The fraction of sp³-hybridized carbons (Fsp3) is 0.0588. The summed E-state index contributed by atoms with van der Waals surface area (Å²) >= 11 is 6.11. The van der Waals surface area contributed by atoms with Crippen LogP contribution in [0, 0.1) is 22.7 Å². The number of benzene rings is 2. The van der Waals surface area contributed by atoms with Gasteiger partial charge in [0.1, 0.15) is 18.0 Å². The van der Waals surface area contributed by atoms with Gasteiger partial charge in [-0.2, -0.15) is 10.5 Å². The van der Waals surface area contributed by atoms with Gasteiger partial charge in [0.15, 0.2) is 5.57 Å². The van der Waals surface area contributed by atoms with Gasteiger partial charge in [0.2, 0.25) is 0 Å². The molecule has 0 saturated heterocycles. The van der Waals surface area contributed by atoms with Gasteiger partial charge in [-0.25, -0.2) is 0 Å². The number of nitriles is 2. The third kappa shape index (κ3) is 2.48. The minimum absolute atomic E-state index is 0.0153. The first-order chi connectivity index (χ1) is 10.7. The summed E-state index contributed by atoms with van der Waals surface area (Å²) < 4.78 is 0. The first-order valence-electron chi connectivity index (χ1n) is 6.65. The maximum Gasteiger partial charge on any atom is 0.169 e. The van der Waals surface area contributed by atoms with Crippen molar-refractivity contribution >= 4 is 17.3 Å². The molecule has 0 aromatic heterocycles. The summed E-state index contributed by atoms with van der Waals surface area (Å²) in [5, 5.41) is 25.1. The summed E-state index contributed by atoms with van der Waals surface area (Å²) in [6, 6.07) is 18.9. The molecule has 2 aromatic rings. The molecule has 22 heavy (non-hydrogen) atoms.